The van der Waals surface area contributed by atoms with Gasteiger partial charge in [0.1, 0.15) is 5.60 Å². The van der Waals surface area contributed by atoms with Crippen molar-refractivity contribution in [2.45, 2.75) is 65.0 Å². The van der Waals surface area contributed by atoms with E-state index in [-0.39, 0.29) is 17.7 Å². The number of nitrogens with one attached hydrogen (secondary N) is 1. The minimum atomic E-state index is -0.523. The van der Waals surface area contributed by atoms with Gasteiger partial charge in [0.25, 0.3) is 0 Å². The number of alkyl carbamates (subject to hydrolysis) is 1. The Bertz CT molecular complexity index is 681. The number of Topliss-reactive ketones (excluding diaryl/α,β-unsaturated/α-hetero) is 1. The van der Waals surface area contributed by atoms with E-state index in [1.165, 1.54) is 18.4 Å². The number of hydrogen-bond donors (Lipinski definition) is 1. The first-order chi connectivity index (χ1) is 12.1. The number of ether oxygens (including phenoxy) is 2. The third-order valence-corrected chi connectivity index (χ3v) is 5.58. The summed E-state index contributed by atoms with van der Waals surface area (Å²) in [6.07, 6.45) is 2.49. The zero-order valence-electron chi connectivity index (χ0n) is 16.0. The molecule has 1 fully saturated rings. The lowest BCUT2D eigenvalue weighted by atomic mass is 9.82. The number of methoxy groups -OCH3 is 1. The van der Waals surface area contributed by atoms with Crippen LogP contribution in [0, 0.1) is 12.8 Å². The molecule has 0 bridgehead atoms. The van der Waals surface area contributed by atoms with Gasteiger partial charge in [-0.2, -0.15) is 0 Å². The highest BCUT2D eigenvalue weighted by Crippen LogP contribution is 2.32. The van der Waals surface area contributed by atoms with Crippen LogP contribution in [-0.2, 0) is 9.47 Å². The summed E-state index contributed by atoms with van der Waals surface area (Å²) in [4.78, 5) is 37.0. The molecule has 0 saturated heterocycles. The Kier molecular flexibility index (Phi) is 6.44. The molecule has 1 saturated carbocycles. The fourth-order valence-corrected chi connectivity index (χ4v) is 4.21. The molecule has 1 N–H and O–H groups in total. The van der Waals surface area contributed by atoms with Gasteiger partial charge in [0.2, 0.25) is 0 Å². The minimum Gasteiger partial charge on any atom is -0.465 e. The summed E-state index contributed by atoms with van der Waals surface area (Å²) in [6.45, 7) is 7.27. The monoisotopic (exact) mass is 381 g/mol. The van der Waals surface area contributed by atoms with Gasteiger partial charge >= 0.3 is 12.1 Å². The molecule has 1 aromatic rings. The van der Waals surface area contributed by atoms with Crippen molar-refractivity contribution in [2.75, 3.05) is 7.11 Å². The zero-order chi connectivity index (χ0) is 19.5. The van der Waals surface area contributed by atoms with Crippen molar-refractivity contribution in [1.29, 1.82) is 0 Å². The number of amides is 1. The maximum atomic E-state index is 12.8. The topological polar surface area (TPSA) is 81.7 Å². The summed E-state index contributed by atoms with van der Waals surface area (Å²) in [5.41, 5.74) is 0.632. The molecule has 7 heteroatoms. The van der Waals surface area contributed by atoms with Crippen LogP contribution in [0.4, 0.5) is 4.79 Å². The Morgan fingerprint density at radius 3 is 2.31 bits per heavy atom. The van der Waals surface area contributed by atoms with Gasteiger partial charge in [-0.05, 0) is 58.9 Å². The molecule has 0 atom stereocenters. The van der Waals surface area contributed by atoms with Crippen molar-refractivity contribution in [3.05, 3.63) is 21.4 Å². The summed E-state index contributed by atoms with van der Waals surface area (Å²) in [5.74, 6) is -0.407. The van der Waals surface area contributed by atoms with Crippen molar-refractivity contribution in [2.24, 2.45) is 5.92 Å². The average Bonchev–Trinajstić information content (AvgIpc) is 2.94. The van der Waals surface area contributed by atoms with Crippen molar-refractivity contribution in [1.82, 2.24) is 5.32 Å². The molecule has 1 aliphatic rings. The highest BCUT2D eigenvalue weighted by Gasteiger charge is 2.31. The predicted octanol–water partition coefficient (Wildman–Crippen LogP) is 4.11. The third kappa shape index (κ3) is 5.06. The largest absolute Gasteiger partial charge is 0.465 e. The number of ketones is 1. The Morgan fingerprint density at radius 2 is 1.77 bits per heavy atom. The number of carbonyl (C=O) groups is 3. The van der Waals surface area contributed by atoms with Crippen molar-refractivity contribution in [3.63, 3.8) is 0 Å². The first-order valence-electron chi connectivity index (χ1n) is 8.82. The Labute approximate surface area is 158 Å². The molecule has 26 heavy (non-hydrogen) atoms. The van der Waals surface area contributed by atoms with Crippen LogP contribution in [0.2, 0.25) is 0 Å². The highest BCUT2D eigenvalue weighted by atomic mass is 32.1. The summed E-state index contributed by atoms with van der Waals surface area (Å²) < 4.78 is 10.0. The van der Waals surface area contributed by atoms with Crippen LogP contribution in [0.25, 0.3) is 0 Å². The predicted molar refractivity (Wildman–Crippen MR) is 99.8 cm³/mol. The summed E-state index contributed by atoms with van der Waals surface area (Å²) in [6, 6.07) is 0.0314. The zero-order valence-corrected chi connectivity index (χ0v) is 16.8. The van der Waals surface area contributed by atoms with Gasteiger partial charge in [0.05, 0.1) is 17.6 Å². The van der Waals surface area contributed by atoms with Gasteiger partial charge in [-0.3, -0.25) is 4.79 Å². The van der Waals surface area contributed by atoms with Crippen LogP contribution in [0.1, 0.15) is 72.0 Å². The lowest BCUT2D eigenvalue weighted by Crippen LogP contribution is -2.41. The van der Waals surface area contributed by atoms with Crippen LogP contribution in [0.3, 0.4) is 0 Å². The first-order valence-corrected chi connectivity index (χ1v) is 9.70. The minimum absolute atomic E-state index is 0.0314. The quantitative estimate of drug-likeness (QED) is 0.627. The Balaban J connectivity index is 1.92. The molecule has 2 rings (SSSR count). The lowest BCUT2D eigenvalue weighted by molar-refractivity contribution is 0.0486. The average molecular weight is 381 g/mol. The molecular formula is C19H27NO5S. The maximum Gasteiger partial charge on any atom is 0.407 e. The molecule has 6 nitrogen and oxygen atoms in total. The van der Waals surface area contributed by atoms with E-state index < -0.39 is 17.7 Å². The molecule has 0 radical (unpaired) electrons. The van der Waals surface area contributed by atoms with E-state index in [1.807, 2.05) is 20.8 Å². The summed E-state index contributed by atoms with van der Waals surface area (Å²) in [5, 5.41) is 4.57. The summed E-state index contributed by atoms with van der Waals surface area (Å²) >= 11 is 1.30. The smallest absolute Gasteiger partial charge is 0.407 e. The van der Waals surface area contributed by atoms with Crippen molar-refractivity contribution in [3.8, 4) is 0 Å². The van der Waals surface area contributed by atoms with Crippen LogP contribution in [0.15, 0.2) is 5.38 Å². The molecule has 144 valence electrons. The van der Waals surface area contributed by atoms with Crippen LogP contribution >= 0.6 is 11.3 Å². The van der Waals surface area contributed by atoms with E-state index >= 15 is 0 Å². The number of hydrogen-bond acceptors (Lipinski definition) is 6. The molecule has 1 amide bonds. The van der Waals surface area contributed by atoms with Gasteiger partial charge in [-0.1, -0.05) is 0 Å². The Hall–Kier alpha value is -1.89. The van der Waals surface area contributed by atoms with Gasteiger partial charge in [0.15, 0.2) is 5.78 Å². The molecule has 1 heterocycles. The number of rotatable bonds is 4. The van der Waals surface area contributed by atoms with Gasteiger partial charge in [0, 0.05) is 17.3 Å². The fraction of sp³-hybridized carbons (Fsp3) is 0.632. The van der Waals surface area contributed by atoms with Crippen molar-refractivity contribution >= 4 is 29.2 Å². The normalized spacial score (nSPS) is 20.3. The van der Waals surface area contributed by atoms with E-state index in [4.69, 9.17) is 9.47 Å². The van der Waals surface area contributed by atoms with Crippen LogP contribution < -0.4 is 5.32 Å². The first kappa shape index (κ1) is 20.4. The lowest BCUT2D eigenvalue weighted by Gasteiger charge is -2.29. The second-order valence-electron chi connectivity index (χ2n) is 7.65. The van der Waals surface area contributed by atoms with E-state index in [0.717, 1.165) is 12.8 Å². The number of carbonyl (C=O) groups excluding carboxylic acids is 3. The van der Waals surface area contributed by atoms with E-state index in [2.05, 4.69) is 5.32 Å². The highest BCUT2D eigenvalue weighted by molar-refractivity contribution is 7.12. The molecule has 0 aliphatic heterocycles. The SMILES string of the molecule is COC(=O)c1csc(C(=O)[C@H]2CC[C@H](NC(=O)OC(C)(C)C)CC2)c1C. The Morgan fingerprint density at radius 1 is 1.15 bits per heavy atom. The molecule has 0 aromatic carbocycles. The molecule has 0 spiro atoms. The fourth-order valence-electron chi connectivity index (χ4n) is 3.13. The molecule has 1 aliphatic carbocycles. The maximum absolute atomic E-state index is 12.8. The standard InChI is InChI=1S/C19H27NO5S/c1-11-14(17(22)24-5)10-26-16(11)15(21)12-6-8-13(9-7-12)20-18(23)25-19(2,3)4/h10,12-13H,6-9H2,1-5H3,(H,20,23)/t12-,13-. The van der Waals surface area contributed by atoms with Crippen LogP contribution in [0.5, 0.6) is 0 Å². The number of esters is 1. The third-order valence-electron chi connectivity index (χ3n) is 4.49. The van der Waals surface area contributed by atoms with E-state index in [0.29, 0.717) is 28.8 Å². The molecule has 1 aromatic heterocycles. The van der Waals surface area contributed by atoms with Gasteiger partial charge in [-0.25, -0.2) is 9.59 Å². The molecular weight excluding hydrogens is 354 g/mol. The van der Waals surface area contributed by atoms with Gasteiger partial charge < -0.3 is 14.8 Å². The second-order valence-corrected chi connectivity index (χ2v) is 8.53. The summed E-state index contributed by atoms with van der Waals surface area (Å²) in [7, 11) is 1.33. The second kappa shape index (κ2) is 8.20. The van der Waals surface area contributed by atoms with E-state index in [1.54, 1.807) is 12.3 Å². The molecule has 0 unspecified atom stereocenters. The van der Waals surface area contributed by atoms with Crippen LogP contribution in [-0.4, -0.2) is 36.6 Å². The number of thiophene rings is 1. The van der Waals surface area contributed by atoms with Crippen molar-refractivity contribution < 1.29 is 23.9 Å². The van der Waals surface area contributed by atoms with E-state index in [9.17, 15) is 14.4 Å². The van der Waals surface area contributed by atoms with Gasteiger partial charge in [-0.15, -0.1) is 11.3 Å².